The molecule has 1 atom stereocenters. The number of aryl methyl sites for hydroxylation is 2. The molecule has 1 amide bonds. The van der Waals surface area contributed by atoms with Crippen molar-refractivity contribution in [2.24, 2.45) is 0 Å². The molecule has 1 unspecified atom stereocenters. The molecule has 0 saturated carbocycles. The van der Waals surface area contributed by atoms with Gasteiger partial charge in [-0.25, -0.2) is 4.57 Å². The maximum atomic E-state index is 11.7. The highest BCUT2D eigenvalue weighted by molar-refractivity contribution is 7.81. The number of nitrogens with one attached hydrogen (secondary N) is 1. The minimum Gasteiger partial charge on any atom is -0.356 e. The SMILES string of the molecule is Cc1cccc[n+]1CCCNC(=O)CCCCC(S)CCS. The molecule has 0 radical (unpaired) electrons. The van der Waals surface area contributed by atoms with Gasteiger partial charge in [0.05, 0.1) is 0 Å². The van der Waals surface area contributed by atoms with Crippen molar-refractivity contribution in [1.82, 2.24) is 5.32 Å². The second kappa shape index (κ2) is 11.8. The van der Waals surface area contributed by atoms with E-state index in [4.69, 9.17) is 0 Å². The summed E-state index contributed by atoms with van der Waals surface area (Å²) < 4.78 is 2.21. The second-order valence-corrected chi connectivity index (χ2v) is 6.83. The fourth-order valence-electron chi connectivity index (χ4n) is 2.34. The van der Waals surface area contributed by atoms with E-state index in [1.54, 1.807) is 0 Å². The molecule has 1 N–H and O–H groups in total. The molecule has 3 nitrogen and oxygen atoms in total. The number of carbonyl (C=O) groups excluding carboxylic acids is 1. The lowest BCUT2D eigenvalue weighted by Crippen LogP contribution is -2.38. The Morgan fingerprint density at radius 2 is 2.09 bits per heavy atom. The van der Waals surface area contributed by atoms with Crippen molar-refractivity contribution in [2.75, 3.05) is 12.3 Å². The average Bonchev–Trinajstić information content (AvgIpc) is 2.50. The lowest BCUT2D eigenvalue weighted by molar-refractivity contribution is -0.702. The van der Waals surface area contributed by atoms with Crippen molar-refractivity contribution in [2.45, 2.75) is 57.2 Å². The Morgan fingerprint density at radius 1 is 1.27 bits per heavy atom. The van der Waals surface area contributed by atoms with E-state index in [1.165, 1.54) is 5.69 Å². The number of hydrogen-bond donors (Lipinski definition) is 3. The Hall–Kier alpha value is -0.680. The van der Waals surface area contributed by atoms with Gasteiger partial charge in [0.1, 0.15) is 6.54 Å². The zero-order valence-corrected chi connectivity index (χ0v) is 15.3. The Kier molecular flexibility index (Phi) is 10.4. The van der Waals surface area contributed by atoms with Gasteiger partial charge in [0.15, 0.2) is 11.9 Å². The lowest BCUT2D eigenvalue weighted by atomic mass is 10.1. The van der Waals surface area contributed by atoms with E-state index in [0.717, 1.165) is 50.9 Å². The molecule has 0 bridgehead atoms. The van der Waals surface area contributed by atoms with Gasteiger partial charge >= 0.3 is 0 Å². The number of rotatable bonds is 11. The van der Waals surface area contributed by atoms with Gasteiger partial charge in [-0.3, -0.25) is 4.79 Å². The standard InChI is InChI=1S/C17H28N2OS2/c1-15-7-4-5-12-19(15)13-6-11-18-17(20)9-3-2-8-16(22)10-14-21/h4-5,7,12,16H,2-3,6,8-11,13-14H2,1H3,(H2-,18,20,21,22)/p+1. The fraction of sp³-hybridized carbons (Fsp3) is 0.647. The van der Waals surface area contributed by atoms with Crippen molar-refractivity contribution < 1.29 is 9.36 Å². The van der Waals surface area contributed by atoms with Gasteiger partial charge in [0.2, 0.25) is 5.91 Å². The highest BCUT2D eigenvalue weighted by atomic mass is 32.1. The van der Waals surface area contributed by atoms with Crippen LogP contribution < -0.4 is 9.88 Å². The number of aromatic nitrogens is 1. The number of nitrogens with zero attached hydrogens (tertiary/aromatic N) is 1. The van der Waals surface area contributed by atoms with Crippen LogP contribution in [0.2, 0.25) is 0 Å². The Bertz CT molecular complexity index is 440. The summed E-state index contributed by atoms with van der Waals surface area (Å²) in [5.74, 6) is 1.05. The van der Waals surface area contributed by atoms with Crippen LogP contribution in [0, 0.1) is 6.92 Å². The normalized spacial score (nSPS) is 12.1. The first-order valence-electron chi connectivity index (χ1n) is 8.14. The first-order valence-corrected chi connectivity index (χ1v) is 9.29. The van der Waals surface area contributed by atoms with Crippen LogP contribution in [-0.2, 0) is 11.3 Å². The number of pyridine rings is 1. The number of thiol groups is 2. The summed E-state index contributed by atoms with van der Waals surface area (Å²) in [4.78, 5) is 11.7. The summed E-state index contributed by atoms with van der Waals surface area (Å²) in [6.07, 6.45) is 7.78. The average molecular weight is 342 g/mol. The topological polar surface area (TPSA) is 33.0 Å². The number of carbonyl (C=O) groups is 1. The molecule has 0 aliphatic heterocycles. The molecular formula is C17H29N2OS2+. The van der Waals surface area contributed by atoms with Crippen LogP contribution >= 0.6 is 25.3 Å². The van der Waals surface area contributed by atoms with Crippen molar-refractivity contribution in [3.05, 3.63) is 30.1 Å². The molecule has 1 aromatic heterocycles. The molecule has 0 aliphatic rings. The highest BCUT2D eigenvalue weighted by Gasteiger charge is 2.06. The molecule has 124 valence electrons. The molecule has 1 aromatic rings. The molecule has 0 aromatic carbocycles. The monoisotopic (exact) mass is 341 g/mol. The number of hydrogen-bond acceptors (Lipinski definition) is 3. The summed E-state index contributed by atoms with van der Waals surface area (Å²) in [6, 6.07) is 6.17. The predicted molar refractivity (Wildman–Crippen MR) is 98.7 cm³/mol. The lowest BCUT2D eigenvalue weighted by Gasteiger charge is -2.08. The Morgan fingerprint density at radius 3 is 2.82 bits per heavy atom. The maximum Gasteiger partial charge on any atom is 0.219 e. The molecule has 5 heteroatoms. The number of unbranched alkanes of at least 4 members (excludes halogenated alkanes) is 1. The molecular weight excluding hydrogens is 312 g/mol. The zero-order chi connectivity index (χ0) is 16.2. The molecule has 0 fully saturated rings. The quantitative estimate of drug-likeness (QED) is 0.323. The van der Waals surface area contributed by atoms with Crippen LogP contribution in [0.3, 0.4) is 0 Å². The zero-order valence-electron chi connectivity index (χ0n) is 13.5. The van der Waals surface area contributed by atoms with Crippen LogP contribution in [0.25, 0.3) is 0 Å². The smallest absolute Gasteiger partial charge is 0.219 e. The minimum atomic E-state index is 0.166. The van der Waals surface area contributed by atoms with Crippen LogP contribution in [0.1, 0.15) is 44.2 Å². The Balaban J connectivity index is 2.03. The summed E-state index contributed by atoms with van der Waals surface area (Å²) in [5, 5.41) is 3.42. The fourth-order valence-corrected chi connectivity index (χ4v) is 3.16. The van der Waals surface area contributed by atoms with Gasteiger partial charge < -0.3 is 5.32 Å². The van der Waals surface area contributed by atoms with E-state index in [0.29, 0.717) is 11.7 Å². The molecule has 0 saturated heterocycles. The van der Waals surface area contributed by atoms with Gasteiger partial charge in [0, 0.05) is 43.7 Å². The van der Waals surface area contributed by atoms with E-state index in [2.05, 4.69) is 54.3 Å². The van der Waals surface area contributed by atoms with E-state index in [1.807, 2.05) is 12.1 Å². The van der Waals surface area contributed by atoms with Crippen molar-refractivity contribution >= 4 is 31.2 Å². The predicted octanol–water partition coefficient (Wildman–Crippen LogP) is 2.97. The second-order valence-electron chi connectivity index (χ2n) is 5.65. The molecule has 0 spiro atoms. The summed E-state index contributed by atoms with van der Waals surface area (Å²) in [7, 11) is 0. The first kappa shape index (κ1) is 19.4. The van der Waals surface area contributed by atoms with Gasteiger partial charge in [0.25, 0.3) is 0 Å². The van der Waals surface area contributed by atoms with Crippen LogP contribution in [-0.4, -0.2) is 23.5 Å². The third-order valence-corrected chi connectivity index (χ3v) is 4.49. The summed E-state index contributed by atoms with van der Waals surface area (Å²) >= 11 is 8.70. The van der Waals surface area contributed by atoms with Gasteiger partial charge in [-0.15, -0.1) is 0 Å². The van der Waals surface area contributed by atoms with E-state index < -0.39 is 0 Å². The van der Waals surface area contributed by atoms with Crippen LogP contribution in [0.4, 0.5) is 0 Å². The third kappa shape index (κ3) is 8.69. The van der Waals surface area contributed by atoms with Crippen molar-refractivity contribution in [3.8, 4) is 0 Å². The molecule has 1 heterocycles. The Labute approximate surface area is 145 Å². The maximum absolute atomic E-state index is 11.7. The number of amides is 1. The van der Waals surface area contributed by atoms with Crippen LogP contribution in [0.15, 0.2) is 24.4 Å². The van der Waals surface area contributed by atoms with Gasteiger partial charge in [-0.2, -0.15) is 25.3 Å². The highest BCUT2D eigenvalue weighted by Crippen LogP contribution is 2.12. The molecule has 1 rings (SSSR count). The summed E-state index contributed by atoms with van der Waals surface area (Å²) in [6.45, 7) is 3.79. The molecule has 22 heavy (non-hydrogen) atoms. The first-order chi connectivity index (χ1) is 10.6. The minimum absolute atomic E-state index is 0.166. The van der Waals surface area contributed by atoms with E-state index >= 15 is 0 Å². The van der Waals surface area contributed by atoms with E-state index in [-0.39, 0.29) is 5.91 Å². The van der Waals surface area contributed by atoms with Gasteiger partial charge in [-0.1, -0.05) is 12.5 Å². The molecule has 0 aliphatic carbocycles. The van der Waals surface area contributed by atoms with E-state index in [9.17, 15) is 4.79 Å². The third-order valence-electron chi connectivity index (χ3n) is 3.72. The van der Waals surface area contributed by atoms with Gasteiger partial charge in [-0.05, 0) is 25.0 Å². The van der Waals surface area contributed by atoms with Crippen molar-refractivity contribution in [3.63, 3.8) is 0 Å². The largest absolute Gasteiger partial charge is 0.356 e. The summed E-state index contributed by atoms with van der Waals surface area (Å²) in [5.41, 5.74) is 1.25. The van der Waals surface area contributed by atoms with Crippen LogP contribution in [0.5, 0.6) is 0 Å². The van der Waals surface area contributed by atoms with Crippen molar-refractivity contribution in [1.29, 1.82) is 0 Å².